The lowest BCUT2D eigenvalue weighted by atomic mass is 9.77. The highest BCUT2D eigenvalue weighted by Crippen LogP contribution is 2.29. The first-order valence-corrected chi connectivity index (χ1v) is 8.05. The minimum absolute atomic E-state index is 0.389. The predicted molar refractivity (Wildman–Crippen MR) is 83.3 cm³/mol. The van der Waals surface area contributed by atoms with Crippen LogP contribution in [0, 0.1) is 17.3 Å². The van der Waals surface area contributed by atoms with Crippen molar-refractivity contribution in [1.29, 1.82) is 0 Å². The SMILES string of the molecule is CC(C)CNCC(CCc1ccsc1)C(C)(C)C. The third kappa shape index (κ3) is 6.01. The molecule has 0 aromatic carbocycles. The van der Waals surface area contributed by atoms with Crippen LogP contribution in [0.1, 0.15) is 46.6 Å². The van der Waals surface area contributed by atoms with Crippen molar-refractivity contribution in [3.05, 3.63) is 22.4 Å². The van der Waals surface area contributed by atoms with E-state index in [1.54, 1.807) is 11.3 Å². The van der Waals surface area contributed by atoms with Crippen molar-refractivity contribution in [2.75, 3.05) is 13.1 Å². The Labute approximate surface area is 117 Å². The zero-order valence-electron chi connectivity index (χ0n) is 12.6. The molecule has 0 aliphatic heterocycles. The molecule has 0 aliphatic carbocycles. The number of aryl methyl sites for hydroxylation is 1. The first-order chi connectivity index (χ1) is 8.39. The van der Waals surface area contributed by atoms with Crippen LogP contribution in [0.25, 0.3) is 0 Å². The molecule has 18 heavy (non-hydrogen) atoms. The third-order valence-corrected chi connectivity index (χ3v) is 4.26. The molecule has 0 amide bonds. The van der Waals surface area contributed by atoms with Crippen LogP contribution in [0.5, 0.6) is 0 Å². The maximum absolute atomic E-state index is 3.62. The van der Waals surface area contributed by atoms with Gasteiger partial charge in [0.2, 0.25) is 0 Å². The first-order valence-electron chi connectivity index (χ1n) is 7.11. The highest BCUT2D eigenvalue weighted by Gasteiger charge is 2.23. The van der Waals surface area contributed by atoms with Crippen LogP contribution >= 0.6 is 11.3 Å². The Hall–Kier alpha value is -0.340. The van der Waals surface area contributed by atoms with Gasteiger partial charge in [-0.25, -0.2) is 0 Å². The fourth-order valence-electron chi connectivity index (χ4n) is 2.16. The molecule has 1 heterocycles. The van der Waals surface area contributed by atoms with Gasteiger partial charge in [0.05, 0.1) is 0 Å². The quantitative estimate of drug-likeness (QED) is 0.762. The van der Waals surface area contributed by atoms with Crippen LogP contribution in [0.4, 0.5) is 0 Å². The van der Waals surface area contributed by atoms with Crippen LogP contribution in [-0.2, 0) is 6.42 Å². The molecular formula is C16H29NS. The van der Waals surface area contributed by atoms with Gasteiger partial charge in [-0.2, -0.15) is 11.3 Å². The van der Waals surface area contributed by atoms with Gasteiger partial charge in [0, 0.05) is 0 Å². The maximum Gasteiger partial charge on any atom is -0.00153 e. The lowest BCUT2D eigenvalue weighted by molar-refractivity contribution is 0.217. The molecule has 1 nitrogen and oxygen atoms in total. The number of nitrogens with one attached hydrogen (secondary N) is 1. The van der Waals surface area contributed by atoms with Gasteiger partial charge in [-0.15, -0.1) is 0 Å². The van der Waals surface area contributed by atoms with Gasteiger partial charge in [0.1, 0.15) is 0 Å². The smallest absolute Gasteiger partial charge is 0.00153 e. The number of thiophene rings is 1. The van der Waals surface area contributed by atoms with Crippen molar-refractivity contribution in [1.82, 2.24) is 5.32 Å². The summed E-state index contributed by atoms with van der Waals surface area (Å²) in [7, 11) is 0. The average molecular weight is 267 g/mol. The molecule has 1 N–H and O–H groups in total. The van der Waals surface area contributed by atoms with E-state index in [9.17, 15) is 0 Å². The summed E-state index contributed by atoms with van der Waals surface area (Å²) in [5, 5.41) is 8.08. The first kappa shape index (κ1) is 15.7. The van der Waals surface area contributed by atoms with Crippen molar-refractivity contribution < 1.29 is 0 Å². The Balaban J connectivity index is 2.41. The number of rotatable bonds is 7. The Morgan fingerprint density at radius 3 is 2.44 bits per heavy atom. The summed E-state index contributed by atoms with van der Waals surface area (Å²) in [5.74, 6) is 1.48. The Kier molecular flexibility index (Phi) is 6.37. The van der Waals surface area contributed by atoms with E-state index < -0.39 is 0 Å². The zero-order valence-corrected chi connectivity index (χ0v) is 13.4. The fraction of sp³-hybridized carbons (Fsp3) is 0.750. The van der Waals surface area contributed by atoms with Gasteiger partial charge in [-0.3, -0.25) is 0 Å². The predicted octanol–water partition coefficient (Wildman–Crippen LogP) is 4.59. The molecule has 0 aliphatic rings. The largest absolute Gasteiger partial charge is 0.316 e. The van der Waals surface area contributed by atoms with Crippen LogP contribution < -0.4 is 5.32 Å². The summed E-state index contributed by atoms with van der Waals surface area (Å²) in [6.07, 6.45) is 2.50. The molecule has 0 fully saturated rings. The summed E-state index contributed by atoms with van der Waals surface area (Å²) in [5.41, 5.74) is 1.89. The van der Waals surface area contributed by atoms with Crippen molar-refractivity contribution in [3.8, 4) is 0 Å². The molecule has 0 bridgehead atoms. The second-order valence-electron chi connectivity index (χ2n) is 6.79. The van der Waals surface area contributed by atoms with E-state index in [1.165, 1.54) is 18.4 Å². The molecule has 1 aromatic heterocycles. The van der Waals surface area contributed by atoms with Crippen LogP contribution in [0.3, 0.4) is 0 Å². The van der Waals surface area contributed by atoms with Crippen LogP contribution in [-0.4, -0.2) is 13.1 Å². The Morgan fingerprint density at radius 2 is 1.94 bits per heavy atom. The summed E-state index contributed by atoms with van der Waals surface area (Å²) >= 11 is 1.80. The second-order valence-corrected chi connectivity index (χ2v) is 7.57. The van der Waals surface area contributed by atoms with Gasteiger partial charge in [-0.05, 0) is 65.6 Å². The Morgan fingerprint density at radius 1 is 1.22 bits per heavy atom. The number of hydrogen-bond acceptors (Lipinski definition) is 2. The highest BCUT2D eigenvalue weighted by atomic mass is 32.1. The molecule has 0 saturated heterocycles. The van der Waals surface area contributed by atoms with E-state index in [-0.39, 0.29) is 0 Å². The van der Waals surface area contributed by atoms with E-state index in [1.807, 2.05) is 0 Å². The molecule has 1 atom stereocenters. The normalized spacial score (nSPS) is 14.1. The van der Waals surface area contributed by atoms with Crippen molar-refractivity contribution in [3.63, 3.8) is 0 Å². The van der Waals surface area contributed by atoms with E-state index >= 15 is 0 Å². The summed E-state index contributed by atoms with van der Waals surface area (Å²) in [4.78, 5) is 0. The van der Waals surface area contributed by atoms with E-state index in [4.69, 9.17) is 0 Å². The summed E-state index contributed by atoms with van der Waals surface area (Å²) in [6, 6.07) is 2.26. The van der Waals surface area contributed by atoms with Gasteiger partial charge >= 0.3 is 0 Å². The van der Waals surface area contributed by atoms with Gasteiger partial charge in [-0.1, -0.05) is 34.6 Å². The lowest BCUT2D eigenvalue weighted by Crippen LogP contribution is -2.34. The summed E-state index contributed by atoms with van der Waals surface area (Å²) < 4.78 is 0. The monoisotopic (exact) mass is 267 g/mol. The van der Waals surface area contributed by atoms with Crippen molar-refractivity contribution in [2.45, 2.75) is 47.5 Å². The maximum atomic E-state index is 3.62. The molecule has 0 spiro atoms. The fourth-order valence-corrected chi connectivity index (χ4v) is 2.87. The molecule has 1 rings (SSSR count). The van der Waals surface area contributed by atoms with Crippen LogP contribution in [0.2, 0.25) is 0 Å². The third-order valence-electron chi connectivity index (χ3n) is 3.53. The standard InChI is InChI=1S/C16H29NS/c1-13(2)10-17-11-15(16(3,4)5)7-6-14-8-9-18-12-14/h8-9,12-13,15,17H,6-7,10-11H2,1-5H3. The minimum Gasteiger partial charge on any atom is -0.316 e. The van der Waals surface area contributed by atoms with Gasteiger partial charge in [0.25, 0.3) is 0 Å². The van der Waals surface area contributed by atoms with Crippen LogP contribution in [0.15, 0.2) is 16.8 Å². The molecule has 0 saturated carbocycles. The molecule has 0 radical (unpaired) electrons. The van der Waals surface area contributed by atoms with Crippen molar-refractivity contribution >= 4 is 11.3 Å². The average Bonchev–Trinajstić information content (AvgIpc) is 2.73. The number of hydrogen-bond donors (Lipinski definition) is 1. The van der Waals surface area contributed by atoms with Crippen molar-refractivity contribution in [2.24, 2.45) is 17.3 Å². The highest BCUT2D eigenvalue weighted by molar-refractivity contribution is 7.07. The van der Waals surface area contributed by atoms with Gasteiger partial charge < -0.3 is 5.32 Å². The molecule has 2 heteroatoms. The zero-order chi connectivity index (χ0) is 13.6. The lowest BCUT2D eigenvalue weighted by Gasteiger charge is -2.31. The Bertz CT molecular complexity index is 308. The van der Waals surface area contributed by atoms with E-state index in [2.05, 4.69) is 56.8 Å². The van der Waals surface area contributed by atoms with Gasteiger partial charge in [0.15, 0.2) is 0 Å². The summed E-state index contributed by atoms with van der Waals surface area (Å²) in [6.45, 7) is 13.9. The molecular weight excluding hydrogens is 238 g/mol. The molecule has 104 valence electrons. The van der Waals surface area contributed by atoms with E-state index in [0.29, 0.717) is 5.41 Å². The second kappa shape index (κ2) is 7.30. The minimum atomic E-state index is 0.389. The van der Waals surface area contributed by atoms with E-state index in [0.717, 1.165) is 24.9 Å². The molecule has 1 unspecified atom stereocenters. The molecule has 1 aromatic rings. The topological polar surface area (TPSA) is 12.0 Å².